The molecule has 4 nitrogen and oxygen atoms in total. The molecule has 1 aliphatic carbocycles. The molecule has 0 amide bonds. The molecule has 1 spiro atoms. The Hall–Kier alpha value is -0.450. The molecule has 0 unspecified atom stereocenters. The Balaban J connectivity index is 1.87. The molecule has 2 rings (SSSR count). The summed E-state index contributed by atoms with van der Waals surface area (Å²) in [6, 6.07) is 0. The first kappa shape index (κ1) is 11.0. The second kappa shape index (κ2) is 4.20. The minimum Gasteiger partial charge on any atom is -0.390 e. The van der Waals surface area contributed by atoms with Crippen LogP contribution >= 0.6 is 0 Å². The lowest BCUT2D eigenvalue weighted by molar-refractivity contribution is -0.203. The van der Waals surface area contributed by atoms with Gasteiger partial charge in [-0.05, 0) is 26.0 Å². The van der Waals surface area contributed by atoms with Crippen LogP contribution in [0.15, 0.2) is 4.99 Å². The standard InChI is InChI=1S/C11H19NO3/c1-12-7-6-10(13)2-4-11(5-3-10)14-8-9-15-11/h13H,1-9H2. The molecule has 1 saturated heterocycles. The predicted octanol–water partition coefficient (Wildman–Crippen LogP) is 1.13. The Morgan fingerprint density at radius 2 is 1.73 bits per heavy atom. The first-order chi connectivity index (χ1) is 7.18. The van der Waals surface area contributed by atoms with Gasteiger partial charge >= 0.3 is 0 Å². The van der Waals surface area contributed by atoms with Gasteiger partial charge in [0.15, 0.2) is 5.79 Å². The number of nitrogens with zero attached hydrogens (tertiary/aromatic N) is 1. The molecule has 1 saturated carbocycles. The maximum Gasteiger partial charge on any atom is 0.168 e. The largest absolute Gasteiger partial charge is 0.390 e. The molecule has 1 aliphatic heterocycles. The molecular formula is C11H19NO3. The van der Waals surface area contributed by atoms with Gasteiger partial charge in [0, 0.05) is 19.4 Å². The van der Waals surface area contributed by atoms with Gasteiger partial charge in [-0.2, -0.15) is 0 Å². The van der Waals surface area contributed by atoms with E-state index in [9.17, 15) is 5.11 Å². The summed E-state index contributed by atoms with van der Waals surface area (Å²) in [6.45, 7) is 5.44. The topological polar surface area (TPSA) is 51.1 Å². The van der Waals surface area contributed by atoms with Crippen LogP contribution in [-0.4, -0.2) is 43.0 Å². The van der Waals surface area contributed by atoms with Crippen molar-refractivity contribution in [3.63, 3.8) is 0 Å². The monoisotopic (exact) mass is 213 g/mol. The van der Waals surface area contributed by atoms with Gasteiger partial charge in [-0.25, -0.2) is 0 Å². The highest BCUT2D eigenvalue weighted by atomic mass is 16.7. The molecule has 15 heavy (non-hydrogen) atoms. The molecule has 0 aromatic rings. The predicted molar refractivity (Wildman–Crippen MR) is 57.1 cm³/mol. The molecule has 0 aromatic carbocycles. The molecule has 4 heteroatoms. The van der Waals surface area contributed by atoms with E-state index in [0.29, 0.717) is 26.2 Å². The highest BCUT2D eigenvalue weighted by Crippen LogP contribution is 2.41. The van der Waals surface area contributed by atoms with E-state index >= 15 is 0 Å². The summed E-state index contributed by atoms with van der Waals surface area (Å²) in [5.74, 6) is -0.381. The summed E-state index contributed by atoms with van der Waals surface area (Å²) in [6.07, 6.45) is 3.76. The zero-order chi connectivity index (χ0) is 10.8. The fraction of sp³-hybridized carbons (Fsp3) is 0.909. The first-order valence-corrected chi connectivity index (χ1v) is 5.61. The molecule has 1 heterocycles. The van der Waals surface area contributed by atoms with Gasteiger partial charge in [-0.3, -0.25) is 0 Å². The van der Waals surface area contributed by atoms with Crippen molar-refractivity contribution in [2.24, 2.45) is 4.99 Å². The van der Waals surface area contributed by atoms with Crippen LogP contribution in [0.3, 0.4) is 0 Å². The zero-order valence-electron chi connectivity index (χ0n) is 9.07. The molecular weight excluding hydrogens is 194 g/mol. The van der Waals surface area contributed by atoms with E-state index in [-0.39, 0.29) is 5.79 Å². The molecule has 2 fully saturated rings. The maximum absolute atomic E-state index is 10.2. The van der Waals surface area contributed by atoms with Crippen LogP contribution < -0.4 is 0 Å². The Morgan fingerprint density at radius 1 is 1.13 bits per heavy atom. The number of hydrogen-bond donors (Lipinski definition) is 1. The van der Waals surface area contributed by atoms with Gasteiger partial charge in [0.25, 0.3) is 0 Å². The third-order valence-electron chi connectivity index (χ3n) is 3.49. The summed E-state index contributed by atoms with van der Waals surface area (Å²) in [4.78, 5) is 3.79. The minimum absolute atomic E-state index is 0.381. The second-order valence-electron chi connectivity index (χ2n) is 4.53. The summed E-state index contributed by atoms with van der Waals surface area (Å²) in [7, 11) is 0. The lowest BCUT2D eigenvalue weighted by Gasteiger charge is -2.40. The average Bonchev–Trinajstić information content (AvgIpc) is 2.70. The third kappa shape index (κ3) is 2.38. The van der Waals surface area contributed by atoms with Crippen LogP contribution in [0, 0.1) is 0 Å². The van der Waals surface area contributed by atoms with Gasteiger partial charge in [-0.1, -0.05) is 0 Å². The van der Waals surface area contributed by atoms with Crippen LogP contribution in [0.1, 0.15) is 32.1 Å². The molecule has 0 atom stereocenters. The summed E-state index contributed by atoms with van der Waals surface area (Å²) >= 11 is 0. The van der Waals surface area contributed by atoms with E-state index in [4.69, 9.17) is 9.47 Å². The van der Waals surface area contributed by atoms with Crippen LogP contribution in [-0.2, 0) is 9.47 Å². The maximum atomic E-state index is 10.2. The van der Waals surface area contributed by atoms with Crippen LogP contribution in [0.25, 0.3) is 0 Å². The summed E-state index contributed by atoms with van der Waals surface area (Å²) in [5.41, 5.74) is -0.582. The van der Waals surface area contributed by atoms with Crippen molar-refractivity contribution in [3.8, 4) is 0 Å². The smallest absolute Gasteiger partial charge is 0.168 e. The van der Waals surface area contributed by atoms with Crippen LogP contribution in [0.4, 0.5) is 0 Å². The Kier molecular flexibility index (Phi) is 3.09. The molecule has 86 valence electrons. The Morgan fingerprint density at radius 3 is 2.27 bits per heavy atom. The molecule has 0 radical (unpaired) electrons. The fourth-order valence-corrected chi connectivity index (χ4v) is 2.42. The van der Waals surface area contributed by atoms with E-state index in [2.05, 4.69) is 11.7 Å². The number of hydrogen-bond acceptors (Lipinski definition) is 4. The molecule has 0 bridgehead atoms. The number of ether oxygens (including phenoxy) is 2. The molecule has 0 aromatic heterocycles. The van der Waals surface area contributed by atoms with Gasteiger partial charge in [-0.15, -0.1) is 0 Å². The van der Waals surface area contributed by atoms with Gasteiger partial charge in [0.05, 0.1) is 18.8 Å². The lowest BCUT2D eigenvalue weighted by atomic mass is 9.79. The summed E-state index contributed by atoms with van der Waals surface area (Å²) in [5, 5.41) is 10.2. The van der Waals surface area contributed by atoms with Crippen molar-refractivity contribution in [2.45, 2.75) is 43.5 Å². The van der Waals surface area contributed by atoms with Crippen molar-refractivity contribution < 1.29 is 14.6 Å². The fourth-order valence-electron chi connectivity index (χ4n) is 2.42. The highest BCUT2D eigenvalue weighted by molar-refractivity contribution is 5.23. The van der Waals surface area contributed by atoms with Crippen molar-refractivity contribution >= 4 is 6.72 Å². The molecule has 1 N–H and O–H groups in total. The number of aliphatic imine (C=N–C) groups is 1. The van der Waals surface area contributed by atoms with E-state index in [1.54, 1.807) is 0 Å². The first-order valence-electron chi connectivity index (χ1n) is 5.61. The second-order valence-corrected chi connectivity index (χ2v) is 4.53. The van der Waals surface area contributed by atoms with Crippen LogP contribution in [0.5, 0.6) is 0 Å². The van der Waals surface area contributed by atoms with E-state index in [1.165, 1.54) is 0 Å². The number of aliphatic hydroxyl groups is 1. The van der Waals surface area contributed by atoms with Crippen molar-refractivity contribution in [2.75, 3.05) is 19.8 Å². The van der Waals surface area contributed by atoms with E-state index in [0.717, 1.165) is 25.7 Å². The van der Waals surface area contributed by atoms with Crippen molar-refractivity contribution in [1.82, 2.24) is 0 Å². The van der Waals surface area contributed by atoms with Gasteiger partial charge in [0.1, 0.15) is 0 Å². The molecule has 2 aliphatic rings. The van der Waals surface area contributed by atoms with Gasteiger partial charge < -0.3 is 19.6 Å². The Bertz CT molecular complexity index is 226. The minimum atomic E-state index is -0.582. The van der Waals surface area contributed by atoms with Gasteiger partial charge in [0.2, 0.25) is 0 Å². The normalized spacial score (nSPS) is 28.1. The highest BCUT2D eigenvalue weighted by Gasteiger charge is 2.45. The SMILES string of the molecule is C=NCCC1(O)CCC2(CC1)OCCO2. The Labute approximate surface area is 90.3 Å². The number of rotatable bonds is 3. The quantitative estimate of drug-likeness (QED) is 0.715. The zero-order valence-corrected chi connectivity index (χ0v) is 9.07. The third-order valence-corrected chi connectivity index (χ3v) is 3.49. The summed E-state index contributed by atoms with van der Waals surface area (Å²) < 4.78 is 11.2. The van der Waals surface area contributed by atoms with Crippen LogP contribution in [0.2, 0.25) is 0 Å². The van der Waals surface area contributed by atoms with Crippen molar-refractivity contribution in [3.05, 3.63) is 0 Å². The lowest BCUT2D eigenvalue weighted by Crippen LogP contribution is -2.43. The van der Waals surface area contributed by atoms with Crippen molar-refractivity contribution in [1.29, 1.82) is 0 Å². The van der Waals surface area contributed by atoms with E-state index in [1.807, 2.05) is 0 Å². The van der Waals surface area contributed by atoms with E-state index < -0.39 is 5.60 Å². The average molecular weight is 213 g/mol.